The van der Waals surface area contributed by atoms with Crippen LogP contribution in [0, 0.1) is 11.8 Å². The molecule has 0 bridgehead atoms. The van der Waals surface area contributed by atoms with Crippen molar-refractivity contribution in [1.82, 2.24) is 20.1 Å². The Morgan fingerprint density at radius 2 is 1.97 bits per heavy atom. The number of halogens is 2. The maximum Gasteiger partial charge on any atom is 0.273 e. The van der Waals surface area contributed by atoms with Gasteiger partial charge in [0, 0.05) is 35.3 Å². The van der Waals surface area contributed by atoms with Gasteiger partial charge in [-0.05, 0) is 50.1 Å². The average Bonchev–Trinajstić information content (AvgIpc) is 3.29. The summed E-state index contributed by atoms with van der Waals surface area (Å²) >= 11 is 1.40. The van der Waals surface area contributed by atoms with Gasteiger partial charge in [-0.25, -0.2) is 13.8 Å². The van der Waals surface area contributed by atoms with Crippen LogP contribution in [0.5, 0.6) is 5.19 Å². The lowest BCUT2D eigenvalue weighted by atomic mass is 9.78. The van der Waals surface area contributed by atoms with Crippen molar-refractivity contribution in [3.05, 3.63) is 46.6 Å². The van der Waals surface area contributed by atoms with E-state index in [1.807, 2.05) is 24.3 Å². The molecule has 186 valence electrons. The second kappa shape index (κ2) is 11.0. The lowest BCUT2D eigenvalue weighted by Crippen LogP contribution is -2.32. The summed E-state index contributed by atoms with van der Waals surface area (Å²) in [6.07, 6.45) is 6.26. The molecule has 0 saturated heterocycles. The summed E-state index contributed by atoms with van der Waals surface area (Å²) in [5.41, 5.74) is 2.43. The zero-order valence-electron chi connectivity index (χ0n) is 19.7. The monoisotopic (exact) mass is 500 g/mol. The van der Waals surface area contributed by atoms with E-state index in [0.717, 1.165) is 79.6 Å². The number of thiazole rings is 1. The highest BCUT2D eigenvalue weighted by Crippen LogP contribution is 2.35. The van der Waals surface area contributed by atoms with Gasteiger partial charge in [0.1, 0.15) is 0 Å². The predicted molar refractivity (Wildman–Crippen MR) is 131 cm³/mol. The quantitative estimate of drug-likeness (QED) is 0.359. The molecule has 0 radical (unpaired) electrons. The van der Waals surface area contributed by atoms with Crippen molar-refractivity contribution in [3.8, 4) is 5.19 Å². The van der Waals surface area contributed by atoms with Crippen LogP contribution in [0.15, 0.2) is 30.5 Å². The molecule has 1 fully saturated rings. The third-order valence-electron chi connectivity index (χ3n) is 7.26. The normalized spacial score (nSPS) is 20.8. The molecule has 2 aliphatic rings. The van der Waals surface area contributed by atoms with Crippen LogP contribution in [-0.2, 0) is 13.0 Å². The first-order chi connectivity index (χ1) is 17.0. The predicted octanol–water partition coefficient (Wildman–Crippen LogP) is 5.56. The van der Waals surface area contributed by atoms with Crippen molar-refractivity contribution in [1.29, 1.82) is 0 Å². The highest BCUT2D eigenvalue weighted by molar-refractivity contribution is 7.13. The lowest BCUT2D eigenvalue weighted by molar-refractivity contribution is 0.0815. The third-order valence-corrected chi connectivity index (χ3v) is 8.33. The zero-order valence-corrected chi connectivity index (χ0v) is 20.5. The van der Waals surface area contributed by atoms with Gasteiger partial charge in [-0.15, -0.1) is 0 Å². The van der Waals surface area contributed by atoms with Gasteiger partial charge in [-0.3, -0.25) is 9.69 Å². The molecule has 1 aromatic carbocycles. The van der Waals surface area contributed by atoms with Crippen molar-refractivity contribution < 1.29 is 18.3 Å². The highest BCUT2D eigenvalue weighted by atomic mass is 32.1. The van der Waals surface area contributed by atoms with Gasteiger partial charge in [0.05, 0.1) is 17.4 Å². The molecule has 3 aromatic rings. The molecule has 0 atom stereocenters. The fourth-order valence-electron chi connectivity index (χ4n) is 5.31. The number of alkyl halides is 2. The van der Waals surface area contributed by atoms with Crippen LogP contribution in [0.1, 0.15) is 59.5 Å². The molecule has 1 aliphatic heterocycles. The summed E-state index contributed by atoms with van der Waals surface area (Å²) in [4.78, 5) is 21.0. The van der Waals surface area contributed by atoms with Gasteiger partial charge in [-0.1, -0.05) is 42.4 Å². The number of carbonyl (C=O) groups excluding carboxylic acids is 1. The van der Waals surface area contributed by atoms with Gasteiger partial charge < -0.3 is 4.74 Å². The van der Waals surface area contributed by atoms with Crippen LogP contribution in [-0.4, -0.2) is 52.0 Å². The Morgan fingerprint density at radius 3 is 2.80 bits per heavy atom. The SMILES string of the molecule is O=C(CC1CCC(CCN2CCc3sc(OCC(F)F)nc3C2)CC1)c1cnnc2ccccc12. The Bertz CT molecular complexity index is 1160. The van der Waals surface area contributed by atoms with E-state index >= 15 is 0 Å². The van der Waals surface area contributed by atoms with Crippen molar-refractivity contribution in [3.63, 3.8) is 0 Å². The fourth-order valence-corrected chi connectivity index (χ4v) is 6.22. The summed E-state index contributed by atoms with van der Waals surface area (Å²) in [5.74, 6) is 1.29. The van der Waals surface area contributed by atoms with Gasteiger partial charge in [0.2, 0.25) is 0 Å². The van der Waals surface area contributed by atoms with E-state index in [9.17, 15) is 13.6 Å². The maximum atomic E-state index is 13.0. The Morgan fingerprint density at radius 1 is 1.17 bits per heavy atom. The van der Waals surface area contributed by atoms with Crippen LogP contribution in [0.25, 0.3) is 10.9 Å². The van der Waals surface area contributed by atoms with Gasteiger partial charge in [0.25, 0.3) is 11.6 Å². The van der Waals surface area contributed by atoms with E-state index in [0.29, 0.717) is 29.0 Å². The number of ether oxygens (including phenoxy) is 1. The molecule has 6 nitrogen and oxygen atoms in total. The van der Waals surface area contributed by atoms with Crippen LogP contribution in [0.2, 0.25) is 0 Å². The van der Waals surface area contributed by atoms with E-state index in [1.54, 1.807) is 6.20 Å². The van der Waals surface area contributed by atoms with E-state index < -0.39 is 13.0 Å². The van der Waals surface area contributed by atoms with Crippen molar-refractivity contribution in [2.24, 2.45) is 11.8 Å². The van der Waals surface area contributed by atoms with Gasteiger partial charge >= 0.3 is 0 Å². The lowest BCUT2D eigenvalue weighted by Gasteiger charge is -2.31. The third kappa shape index (κ3) is 6.01. The number of nitrogens with zero attached hydrogens (tertiary/aromatic N) is 4. The number of benzene rings is 1. The first kappa shape index (κ1) is 24.2. The molecule has 2 aromatic heterocycles. The number of carbonyl (C=O) groups is 1. The van der Waals surface area contributed by atoms with E-state index in [2.05, 4.69) is 20.1 Å². The Hall–Kier alpha value is -2.52. The summed E-state index contributed by atoms with van der Waals surface area (Å²) in [6.45, 7) is 2.16. The molecule has 1 saturated carbocycles. The maximum absolute atomic E-state index is 13.0. The molecule has 0 spiro atoms. The second-order valence-corrected chi connectivity index (χ2v) is 10.7. The molecule has 35 heavy (non-hydrogen) atoms. The summed E-state index contributed by atoms with van der Waals surface area (Å²) in [5, 5.41) is 9.40. The highest BCUT2D eigenvalue weighted by Gasteiger charge is 2.26. The average molecular weight is 501 g/mol. The second-order valence-electron chi connectivity index (χ2n) is 9.66. The molecular weight excluding hydrogens is 470 g/mol. The Labute approximate surface area is 207 Å². The summed E-state index contributed by atoms with van der Waals surface area (Å²) < 4.78 is 29.9. The first-order valence-corrected chi connectivity index (χ1v) is 13.2. The molecule has 9 heteroatoms. The number of hydrogen-bond donors (Lipinski definition) is 0. The first-order valence-electron chi connectivity index (χ1n) is 12.4. The van der Waals surface area contributed by atoms with E-state index in [-0.39, 0.29) is 5.78 Å². The van der Waals surface area contributed by atoms with Crippen molar-refractivity contribution >= 4 is 28.0 Å². The molecule has 0 unspecified atom stereocenters. The Balaban J connectivity index is 1.06. The number of aromatic nitrogens is 3. The number of fused-ring (bicyclic) bond motifs is 2. The minimum absolute atomic E-state index is 0.170. The number of rotatable bonds is 9. The molecule has 1 aliphatic carbocycles. The van der Waals surface area contributed by atoms with Gasteiger partial charge in [0.15, 0.2) is 12.4 Å². The Kier molecular flexibility index (Phi) is 7.63. The summed E-state index contributed by atoms with van der Waals surface area (Å²) in [6, 6.07) is 7.68. The van der Waals surface area contributed by atoms with E-state index in [4.69, 9.17) is 4.74 Å². The molecule has 0 N–H and O–H groups in total. The zero-order chi connectivity index (χ0) is 24.2. The number of Topliss-reactive ketones (excluding diaryl/α,β-unsaturated/α-hetero) is 1. The van der Waals surface area contributed by atoms with Crippen LogP contribution < -0.4 is 4.74 Å². The van der Waals surface area contributed by atoms with Gasteiger partial charge in [-0.2, -0.15) is 10.2 Å². The van der Waals surface area contributed by atoms with Crippen LogP contribution >= 0.6 is 11.3 Å². The standard InChI is InChI=1S/C26H30F2N4O2S/c27-25(28)16-34-26-30-22-15-32(12-10-24(22)35-26)11-9-17-5-7-18(8-6-17)13-23(33)20-14-29-31-21-4-2-1-3-19(20)21/h1-4,14,17-18,25H,5-13,15-16H2. The minimum atomic E-state index is -2.48. The van der Waals surface area contributed by atoms with Crippen molar-refractivity contribution in [2.75, 3.05) is 19.7 Å². The largest absolute Gasteiger partial charge is 0.464 e. The molecule has 5 rings (SSSR count). The minimum Gasteiger partial charge on any atom is -0.464 e. The molecule has 0 amide bonds. The topological polar surface area (TPSA) is 68.2 Å². The molecular formula is C26H30F2N4O2S. The number of hydrogen-bond acceptors (Lipinski definition) is 7. The van der Waals surface area contributed by atoms with Crippen LogP contribution in [0.4, 0.5) is 8.78 Å². The fraction of sp³-hybridized carbons (Fsp3) is 0.538. The summed E-state index contributed by atoms with van der Waals surface area (Å²) in [7, 11) is 0. The smallest absolute Gasteiger partial charge is 0.273 e. The van der Waals surface area contributed by atoms with Crippen molar-refractivity contribution in [2.45, 2.75) is 57.9 Å². The van der Waals surface area contributed by atoms with E-state index in [1.165, 1.54) is 11.3 Å². The number of ketones is 1. The molecule has 3 heterocycles. The van der Waals surface area contributed by atoms with Crippen LogP contribution in [0.3, 0.4) is 0 Å².